The molecule has 17 aromatic carbocycles. The number of pyridine rings is 4. The minimum absolute atomic E-state index is 0.481. The highest BCUT2D eigenvalue weighted by molar-refractivity contribution is 8.00. The third-order valence-corrected chi connectivity index (χ3v) is 28.1. The second kappa shape index (κ2) is 28.7. The number of aromatic nitrogens is 7. The van der Waals surface area contributed by atoms with E-state index < -0.39 is 10.8 Å². The first-order chi connectivity index (χ1) is 61.5. The minimum Gasteiger partial charge on any atom is -0.247 e. The zero-order chi connectivity index (χ0) is 81.6. The van der Waals surface area contributed by atoms with Gasteiger partial charge in [-0.25, -0.2) is 34.9 Å². The van der Waals surface area contributed by atoms with Crippen LogP contribution >= 0.6 is 23.5 Å². The lowest BCUT2D eigenvalue weighted by atomic mass is 9.67. The van der Waals surface area contributed by atoms with Crippen molar-refractivity contribution in [2.24, 2.45) is 0 Å². The van der Waals surface area contributed by atoms with Crippen LogP contribution in [-0.4, -0.2) is 34.9 Å². The zero-order valence-corrected chi connectivity index (χ0v) is 68.4. The molecule has 0 amide bonds. The lowest BCUT2D eigenvalue weighted by Crippen LogP contribution is -2.32. The van der Waals surface area contributed by atoms with Crippen LogP contribution in [-0.2, 0) is 10.8 Å². The second-order valence-electron chi connectivity index (χ2n) is 32.3. The van der Waals surface area contributed by atoms with Gasteiger partial charge in [0, 0.05) is 102 Å². The van der Waals surface area contributed by atoms with Crippen molar-refractivity contribution >= 4 is 88.7 Å². The van der Waals surface area contributed by atoms with E-state index in [1.54, 1.807) is 0 Å². The third-order valence-electron chi connectivity index (χ3n) is 25.7. The summed E-state index contributed by atoms with van der Waals surface area (Å²) in [6.07, 6.45) is 0. The van der Waals surface area contributed by atoms with Crippen molar-refractivity contribution in [2.45, 2.75) is 30.4 Å². The van der Waals surface area contributed by atoms with E-state index in [4.69, 9.17) is 34.9 Å². The van der Waals surface area contributed by atoms with Crippen LogP contribution in [0.5, 0.6) is 0 Å². The predicted molar refractivity (Wildman–Crippen MR) is 509 cm³/mol. The van der Waals surface area contributed by atoms with Crippen molar-refractivity contribution < 1.29 is 0 Å². The summed E-state index contributed by atoms with van der Waals surface area (Å²) < 4.78 is 0. The van der Waals surface area contributed by atoms with Crippen molar-refractivity contribution in [3.63, 3.8) is 0 Å². The monoisotopic (exact) mass is 1610 g/mol. The molecule has 2 aliphatic carbocycles. The van der Waals surface area contributed by atoms with E-state index in [0.29, 0.717) is 17.5 Å². The zero-order valence-electron chi connectivity index (χ0n) is 66.8. The Balaban J connectivity index is 0.000000136. The quantitative estimate of drug-likeness (QED) is 0.138. The summed E-state index contributed by atoms with van der Waals surface area (Å²) >= 11 is 3.78. The van der Waals surface area contributed by atoms with E-state index in [9.17, 15) is 0 Å². The van der Waals surface area contributed by atoms with Gasteiger partial charge in [-0.05, 0) is 132 Å². The molecule has 2 spiro atoms. The number of hydrogen-bond donors (Lipinski definition) is 0. The van der Waals surface area contributed by atoms with Crippen molar-refractivity contribution in [2.75, 3.05) is 0 Å². The molecular weight excluding hydrogens is 1540 g/mol. The first-order valence-electron chi connectivity index (χ1n) is 42.1. The maximum Gasteiger partial charge on any atom is 0.164 e. The molecule has 0 atom stereocenters. The van der Waals surface area contributed by atoms with Gasteiger partial charge in [0.2, 0.25) is 0 Å². The molecule has 0 bridgehead atoms. The highest BCUT2D eigenvalue weighted by Crippen LogP contribution is 2.66. The maximum atomic E-state index is 5.47. The summed E-state index contributed by atoms with van der Waals surface area (Å²) in [5.74, 6) is 1.91. The smallest absolute Gasteiger partial charge is 0.164 e. The van der Waals surface area contributed by atoms with Crippen LogP contribution in [0.3, 0.4) is 0 Å². The summed E-state index contributed by atoms with van der Waals surface area (Å²) in [5.41, 5.74) is 31.6. The van der Waals surface area contributed by atoms with Crippen LogP contribution in [0.2, 0.25) is 0 Å². The summed E-state index contributed by atoms with van der Waals surface area (Å²) in [5, 5.41) is 9.09. The Morgan fingerprint density at radius 1 is 0.194 bits per heavy atom. The van der Waals surface area contributed by atoms with Gasteiger partial charge in [0.05, 0.1) is 55.7 Å². The maximum absolute atomic E-state index is 5.47. The van der Waals surface area contributed by atoms with Gasteiger partial charge >= 0.3 is 0 Å². The van der Waals surface area contributed by atoms with Gasteiger partial charge in [-0.3, -0.25) is 0 Å². The normalized spacial score (nSPS) is 13.2. The van der Waals surface area contributed by atoms with E-state index in [0.717, 1.165) is 127 Å². The van der Waals surface area contributed by atoms with Crippen LogP contribution in [0.15, 0.2) is 438 Å². The number of hydrogen-bond acceptors (Lipinski definition) is 9. The average molecular weight is 1610 g/mol. The van der Waals surface area contributed by atoms with Gasteiger partial charge < -0.3 is 0 Å². The van der Waals surface area contributed by atoms with Crippen molar-refractivity contribution in [3.8, 4) is 113 Å². The van der Waals surface area contributed by atoms with Gasteiger partial charge in [0.15, 0.2) is 17.5 Å². The lowest BCUT2D eigenvalue weighted by molar-refractivity contribution is 0.726. The molecule has 9 heteroatoms. The Labute approximate surface area is 724 Å². The topological polar surface area (TPSA) is 90.2 Å². The molecule has 5 aromatic heterocycles. The van der Waals surface area contributed by atoms with Crippen LogP contribution in [0.25, 0.3) is 178 Å². The molecular formula is C115H69N7S2. The molecule has 0 fully saturated rings. The van der Waals surface area contributed by atoms with Crippen molar-refractivity contribution in [1.82, 2.24) is 34.9 Å². The predicted octanol–water partition coefficient (Wildman–Crippen LogP) is 29.0. The molecule has 4 aliphatic rings. The molecule has 26 rings (SSSR count). The Bertz CT molecular complexity index is 8040. The number of rotatable bonds is 8. The molecule has 576 valence electrons. The van der Waals surface area contributed by atoms with E-state index in [1.165, 1.54) is 97.1 Å². The van der Waals surface area contributed by atoms with Gasteiger partial charge in [0.25, 0.3) is 0 Å². The van der Waals surface area contributed by atoms with E-state index >= 15 is 0 Å². The Morgan fingerprint density at radius 2 is 0.524 bits per heavy atom. The Hall–Kier alpha value is -15.4. The first-order valence-corrected chi connectivity index (χ1v) is 43.7. The fourth-order valence-corrected chi connectivity index (χ4v) is 22.9. The Kier molecular flexibility index (Phi) is 16.5. The Morgan fingerprint density at radius 3 is 0.968 bits per heavy atom. The van der Waals surface area contributed by atoms with Crippen LogP contribution in [0.4, 0.5) is 0 Å². The third kappa shape index (κ3) is 11.1. The summed E-state index contributed by atoms with van der Waals surface area (Å²) in [6.45, 7) is 0. The van der Waals surface area contributed by atoms with E-state index in [-0.39, 0.29) is 0 Å². The second-order valence-corrected chi connectivity index (χ2v) is 34.4. The van der Waals surface area contributed by atoms with Crippen LogP contribution in [0.1, 0.15) is 44.5 Å². The van der Waals surface area contributed by atoms with Crippen molar-refractivity contribution in [3.05, 3.63) is 463 Å². The molecule has 0 unspecified atom stereocenters. The van der Waals surface area contributed by atoms with Gasteiger partial charge in [-0.15, -0.1) is 0 Å². The van der Waals surface area contributed by atoms with Gasteiger partial charge in [0.1, 0.15) is 0 Å². The lowest BCUT2D eigenvalue weighted by Gasteiger charge is -2.40. The highest BCUT2D eigenvalue weighted by atomic mass is 32.2. The van der Waals surface area contributed by atoms with E-state index in [1.807, 2.05) is 90.3 Å². The summed E-state index contributed by atoms with van der Waals surface area (Å²) in [4.78, 5) is 41.7. The molecule has 0 saturated carbocycles. The molecule has 7 heterocycles. The SMILES string of the molecule is c1ccc(-c2ccc3ccc4ccc(-c5ccc6nc(-c7ccccc7)c7ccc8c(c7c6c5)Sc5ccccc5C85c6ccccc6-c6ccccc65)nc4c3n2)cc1.c1ccc(-c2nc(-c3ccccc3)nc(-c3cccc(-c4ccc5nc(-c6ccccc6)c6ccc7c(c6c5c4)Sc4ccccc4C74c5ccccc5-c5ccccc54)c3)n2)cc1. The molecule has 22 aromatic rings. The fraction of sp³-hybridized carbons (Fsp3) is 0.0174. The molecule has 2 aliphatic heterocycles. The van der Waals surface area contributed by atoms with Crippen LogP contribution < -0.4 is 0 Å². The number of benzene rings is 17. The molecule has 0 radical (unpaired) electrons. The van der Waals surface area contributed by atoms with Gasteiger partial charge in [-0.1, -0.05) is 388 Å². The average Bonchev–Trinajstić information content (AvgIpc) is 1.47. The molecule has 124 heavy (non-hydrogen) atoms. The molecule has 0 N–H and O–H groups in total. The van der Waals surface area contributed by atoms with Gasteiger partial charge in [-0.2, -0.15) is 0 Å². The molecule has 7 nitrogen and oxygen atoms in total. The van der Waals surface area contributed by atoms with E-state index in [2.05, 4.69) is 352 Å². The van der Waals surface area contributed by atoms with Crippen molar-refractivity contribution in [1.29, 1.82) is 0 Å². The summed E-state index contributed by atoms with van der Waals surface area (Å²) in [6, 6.07) is 150. The molecule has 0 saturated heterocycles. The summed E-state index contributed by atoms with van der Waals surface area (Å²) in [7, 11) is 0. The van der Waals surface area contributed by atoms with Crippen LogP contribution in [0, 0.1) is 0 Å². The first kappa shape index (κ1) is 71.5. The standard InChI is InChI=1S/C59H36N4S.C56H33N3S/c1-4-17-37(18-5-1)54-45-32-33-50-55(64-52-30-15-14-29-49(52)59(50)47-27-12-10-25-43(47)44-26-11-13-28-48(44)59)53(45)46-36-41(31-34-51(46)60-54)40-23-16-24-42(35-40)58-62-56(38-19-6-2-7-20-38)61-57(63-58)39-21-8-3-9-22-39;1-3-13-34(14-4-1)47-30-25-36-23-24-37-26-31-48(58-54(37)53(36)57-47)38-27-32-49-42(33-38)51-41(52(59-49)35-15-5-2-6-16-35)28-29-46-55(51)60-50-22-12-11-21-45(50)56(46)43-19-9-7-17-39(43)40-18-8-10-20-44(40)56/h1-36H;1-33H. The number of nitrogens with zero attached hydrogens (tertiary/aromatic N) is 7. The largest absolute Gasteiger partial charge is 0.247 e. The number of fused-ring (bicyclic) bond motifs is 29. The highest BCUT2D eigenvalue weighted by Gasteiger charge is 2.52. The fourth-order valence-electron chi connectivity index (χ4n) is 20.2. The minimum atomic E-state index is -0.491.